The van der Waals surface area contributed by atoms with E-state index in [1.165, 1.54) is 6.20 Å². The standard InChI is InChI=1S/C7H9N.C2H5N/c1-6-4-2-3-5-7(6)8;1-2-3/h2-5H,8H2,1H3;2H,1,3H2. The number of aryl methyl sites for hydroxylation is 1. The lowest BCUT2D eigenvalue weighted by Crippen LogP contribution is -1.85. The highest BCUT2D eigenvalue weighted by Gasteiger charge is 1.84. The Bertz CT molecular complexity index is 198. The van der Waals surface area contributed by atoms with E-state index in [1.807, 2.05) is 31.2 Å². The third-order valence-corrected chi connectivity index (χ3v) is 1.19. The van der Waals surface area contributed by atoms with Crippen LogP contribution in [-0.2, 0) is 0 Å². The molecule has 60 valence electrons. The molecule has 1 rings (SSSR count). The number of benzene rings is 1. The van der Waals surface area contributed by atoms with Crippen molar-refractivity contribution in [2.45, 2.75) is 6.92 Å². The average Bonchev–Trinajstić information content (AvgIpc) is 1.97. The van der Waals surface area contributed by atoms with Gasteiger partial charge in [0.25, 0.3) is 0 Å². The SMILES string of the molecule is C=CN.Cc1ccccc1N. The van der Waals surface area contributed by atoms with Crippen molar-refractivity contribution in [3.05, 3.63) is 42.6 Å². The van der Waals surface area contributed by atoms with Gasteiger partial charge in [0.05, 0.1) is 0 Å². The number of hydrogen-bond acceptors (Lipinski definition) is 2. The highest BCUT2D eigenvalue weighted by Crippen LogP contribution is 2.06. The Morgan fingerprint density at radius 1 is 1.36 bits per heavy atom. The van der Waals surface area contributed by atoms with Gasteiger partial charge in [-0.05, 0) is 24.8 Å². The van der Waals surface area contributed by atoms with E-state index in [2.05, 4.69) is 12.3 Å². The molecule has 0 aliphatic carbocycles. The molecule has 4 N–H and O–H groups in total. The molecule has 1 aromatic carbocycles. The summed E-state index contributed by atoms with van der Waals surface area (Å²) in [5, 5.41) is 0. The molecular weight excluding hydrogens is 136 g/mol. The van der Waals surface area contributed by atoms with E-state index in [0.717, 1.165) is 11.3 Å². The fraction of sp³-hybridized carbons (Fsp3) is 0.111. The third-order valence-electron chi connectivity index (χ3n) is 1.19. The molecule has 1 aromatic rings. The van der Waals surface area contributed by atoms with Crippen LogP contribution in [0, 0.1) is 6.92 Å². The fourth-order valence-electron chi connectivity index (χ4n) is 0.587. The molecule has 2 nitrogen and oxygen atoms in total. The Balaban J connectivity index is 0.000000292. The Morgan fingerprint density at radius 3 is 2.09 bits per heavy atom. The van der Waals surface area contributed by atoms with Gasteiger partial charge < -0.3 is 11.5 Å². The van der Waals surface area contributed by atoms with Gasteiger partial charge in [0.2, 0.25) is 0 Å². The third kappa shape index (κ3) is 4.03. The second-order valence-electron chi connectivity index (χ2n) is 2.09. The van der Waals surface area contributed by atoms with Crippen molar-refractivity contribution in [1.82, 2.24) is 0 Å². The summed E-state index contributed by atoms with van der Waals surface area (Å²) in [5.41, 5.74) is 12.1. The topological polar surface area (TPSA) is 52.0 Å². The molecule has 11 heavy (non-hydrogen) atoms. The van der Waals surface area contributed by atoms with E-state index < -0.39 is 0 Å². The van der Waals surface area contributed by atoms with E-state index in [9.17, 15) is 0 Å². The van der Waals surface area contributed by atoms with Crippen LogP contribution in [0.1, 0.15) is 5.56 Å². The van der Waals surface area contributed by atoms with Crippen LogP contribution in [0.15, 0.2) is 37.0 Å². The van der Waals surface area contributed by atoms with Gasteiger partial charge in [0.1, 0.15) is 0 Å². The Hall–Kier alpha value is -1.44. The predicted octanol–water partition coefficient (Wildman–Crippen LogP) is 1.67. The van der Waals surface area contributed by atoms with E-state index in [4.69, 9.17) is 5.73 Å². The van der Waals surface area contributed by atoms with Gasteiger partial charge in [-0.15, -0.1) is 0 Å². The van der Waals surface area contributed by atoms with E-state index in [0.29, 0.717) is 0 Å². The summed E-state index contributed by atoms with van der Waals surface area (Å²) < 4.78 is 0. The highest BCUT2D eigenvalue weighted by molar-refractivity contribution is 5.44. The van der Waals surface area contributed by atoms with Crippen LogP contribution < -0.4 is 11.5 Å². The summed E-state index contributed by atoms with van der Waals surface area (Å²) in [5.74, 6) is 0. The zero-order valence-corrected chi connectivity index (χ0v) is 6.75. The highest BCUT2D eigenvalue weighted by atomic mass is 14.5. The second-order valence-corrected chi connectivity index (χ2v) is 2.09. The molecule has 0 bridgehead atoms. The second kappa shape index (κ2) is 5.35. The Kier molecular flexibility index (Phi) is 4.65. The number of anilines is 1. The molecule has 0 amide bonds. The molecule has 0 spiro atoms. The minimum atomic E-state index is 0.868. The quantitative estimate of drug-likeness (QED) is 0.553. The van der Waals surface area contributed by atoms with Gasteiger partial charge in [0.15, 0.2) is 0 Å². The van der Waals surface area contributed by atoms with Crippen molar-refractivity contribution in [3.63, 3.8) is 0 Å². The molecule has 0 aromatic heterocycles. The molecule has 0 radical (unpaired) electrons. The number of hydrogen-bond donors (Lipinski definition) is 2. The first-order chi connectivity index (χ1) is 5.22. The number of nitrogens with two attached hydrogens (primary N) is 2. The predicted molar refractivity (Wildman–Crippen MR) is 50.0 cm³/mol. The first-order valence-electron chi connectivity index (χ1n) is 3.36. The van der Waals surface area contributed by atoms with E-state index in [-0.39, 0.29) is 0 Å². The maximum atomic E-state index is 5.52. The maximum Gasteiger partial charge on any atom is 0.0343 e. The molecule has 0 unspecified atom stereocenters. The zero-order chi connectivity index (χ0) is 8.69. The fourth-order valence-corrected chi connectivity index (χ4v) is 0.587. The molecule has 0 aliphatic rings. The van der Waals surface area contributed by atoms with E-state index >= 15 is 0 Å². The Labute approximate surface area is 67.5 Å². The Morgan fingerprint density at radius 2 is 1.82 bits per heavy atom. The minimum Gasteiger partial charge on any atom is -0.405 e. The van der Waals surface area contributed by atoms with Crippen LogP contribution in [0.25, 0.3) is 0 Å². The van der Waals surface area contributed by atoms with Gasteiger partial charge in [-0.3, -0.25) is 0 Å². The summed E-state index contributed by atoms with van der Waals surface area (Å²) in [6, 6.07) is 7.80. The minimum absolute atomic E-state index is 0.868. The van der Waals surface area contributed by atoms with Gasteiger partial charge >= 0.3 is 0 Å². The van der Waals surface area contributed by atoms with Gasteiger partial charge in [-0.2, -0.15) is 0 Å². The van der Waals surface area contributed by atoms with Crippen LogP contribution in [0.5, 0.6) is 0 Å². The van der Waals surface area contributed by atoms with Gasteiger partial charge in [-0.25, -0.2) is 0 Å². The summed E-state index contributed by atoms with van der Waals surface area (Å²) in [6.45, 7) is 5.13. The van der Waals surface area contributed by atoms with Crippen LogP contribution in [-0.4, -0.2) is 0 Å². The first-order valence-corrected chi connectivity index (χ1v) is 3.36. The smallest absolute Gasteiger partial charge is 0.0343 e. The molecule has 0 fully saturated rings. The number of para-hydroxylation sites is 1. The van der Waals surface area contributed by atoms with Crippen LogP contribution >= 0.6 is 0 Å². The van der Waals surface area contributed by atoms with Gasteiger partial charge in [0, 0.05) is 5.69 Å². The monoisotopic (exact) mass is 150 g/mol. The zero-order valence-electron chi connectivity index (χ0n) is 6.75. The van der Waals surface area contributed by atoms with Crippen molar-refractivity contribution in [1.29, 1.82) is 0 Å². The van der Waals surface area contributed by atoms with Crippen molar-refractivity contribution < 1.29 is 0 Å². The van der Waals surface area contributed by atoms with Crippen molar-refractivity contribution >= 4 is 5.69 Å². The lowest BCUT2D eigenvalue weighted by atomic mass is 10.2. The number of rotatable bonds is 0. The maximum absolute atomic E-state index is 5.52. The summed E-state index contributed by atoms with van der Waals surface area (Å²) >= 11 is 0. The molecule has 0 aliphatic heterocycles. The van der Waals surface area contributed by atoms with Crippen LogP contribution in [0.4, 0.5) is 5.69 Å². The summed E-state index contributed by atoms with van der Waals surface area (Å²) in [7, 11) is 0. The molecule has 2 heteroatoms. The summed E-state index contributed by atoms with van der Waals surface area (Å²) in [4.78, 5) is 0. The van der Waals surface area contributed by atoms with Crippen molar-refractivity contribution in [2.24, 2.45) is 5.73 Å². The van der Waals surface area contributed by atoms with E-state index in [1.54, 1.807) is 0 Å². The van der Waals surface area contributed by atoms with Crippen molar-refractivity contribution in [3.8, 4) is 0 Å². The largest absolute Gasteiger partial charge is 0.405 e. The average molecular weight is 150 g/mol. The molecule has 0 saturated carbocycles. The number of nitrogen functional groups attached to an aromatic ring is 1. The molecule has 0 heterocycles. The van der Waals surface area contributed by atoms with Crippen LogP contribution in [0.2, 0.25) is 0 Å². The van der Waals surface area contributed by atoms with Crippen molar-refractivity contribution in [2.75, 3.05) is 5.73 Å². The molecule has 0 atom stereocenters. The first kappa shape index (κ1) is 9.56. The lowest BCUT2D eigenvalue weighted by Gasteiger charge is -1.93. The molecule has 0 saturated heterocycles. The normalized spacial score (nSPS) is 7.73. The van der Waals surface area contributed by atoms with Gasteiger partial charge in [-0.1, -0.05) is 24.8 Å². The van der Waals surface area contributed by atoms with Crippen LogP contribution in [0.3, 0.4) is 0 Å². The lowest BCUT2D eigenvalue weighted by molar-refractivity contribution is 1.47. The summed E-state index contributed by atoms with van der Waals surface area (Å²) in [6.07, 6.45) is 1.25. The molecular formula is C9H14N2.